The van der Waals surface area contributed by atoms with Gasteiger partial charge in [0.05, 0.1) is 17.5 Å². The second-order valence-electron chi connectivity index (χ2n) is 9.77. The molecular formula is C20H32N2O3S. The van der Waals surface area contributed by atoms with Crippen LogP contribution in [-0.2, 0) is 20.9 Å². The van der Waals surface area contributed by atoms with E-state index in [1.54, 1.807) is 0 Å². The van der Waals surface area contributed by atoms with Crippen molar-refractivity contribution >= 4 is 15.7 Å². The number of phenolic OH excluding ortho intramolecular Hbond substituents is 1. The number of hydrazine groups is 1. The number of aromatic hydroxyl groups is 1. The van der Waals surface area contributed by atoms with E-state index in [1.807, 2.05) is 32.1 Å². The van der Waals surface area contributed by atoms with Crippen LogP contribution in [0.2, 0.25) is 0 Å². The molecule has 0 aliphatic carbocycles. The van der Waals surface area contributed by atoms with Crippen LogP contribution in [0.1, 0.15) is 72.1 Å². The number of sulfonamides is 1. The predicted octanol–water partition coefficient (Wildman–Crippen LogP) is 3.89. The van der Waals surface area contributed by atoms with Gasteiger partial charge >= 0.3 is 0 Å². The molecule has 0 spiro atoms. The van der Waals surface area contributed by atoms with E-state index in [-0.39, 0.29) is 10.8 Å². The van der Waals surface area contributed by atoms with Gasteiger partial charge in [-0.25, -0.2) is 8.42 Å². The number of hydrogen-bond donors (Lipinski definition) is 2. The molecule has 1 heterocycles. The van der Waals surface area contributed by atoms with Crippen molar-refractivity contribution in [3.05, 3.63) is 34.9 Å². The van der Waals surface area contributed by atoms with Crippen LogP contribution in [0, 0.1) is 0 Å². The van der Waals surface area contributed by atoms with Crippen molar-refractivity contribution in [3.8, 4) is 5.75 Å². The Morgan fingerprint density at radius 3 is 1.73 bits per heavy atom. The lowest BCUT2D eigenvalue weighted by Gasteiger charge is -2.29. The van der Waals surface area contributed by atoms with Crippen molar-refractivity contribution in [2.24, 2.45) is 0 Å². The minimum atomic E-state index is -3.42. The van der Waals surface area contributed by atoms with E-state index in [0.717, 1.165) is 22.4 Å². The summed E-state index contributed by atoms with van der Waals surface area (Å²) in [7, 11) is -3.42. The largest absolute Gasteiger partial charge is 0.507 e. The van der Waals surface area contributed by atoms with E-state index < -0.39 is 15.6 Å². The van der Waals surface area contributed by atoms with Crippen molar-refractivity contribution in [1.29, 1.82) is 0 Å². The first-order valence-electron chi connectivity index (χ1n) is 8.83. The Labute approximate surface area is 158 Å². The minimum absolute atomic E-state index is 0.245. The summed E-state index contributed by atoms with van der Waals surface area (Å²) in [5.41, 5.74) is 5.17. The molecule has 0 atom stereocenters. The van der Waals surface area contributed by atoms with Gasteiger partial charge in [0.15, 0.2) is 0 Å². The Kier molecular flexibility index (Phi) is 4.79. The highest BCUT2D eigenvalue weighted by atomic mass is 32.2. The van der Waals surface area contributed by atoms with Crippen molar-refractivity contribution in [2.75, 3.05) is 6.26 Å². The van der Waals surface area contributed by atoms with Gasteiger partial charge in [-0.15, -0.1) is 4.41 Å². The molecule has 1 aliphatic heterocycles. The summed E-state index contributed by atoms with van der Waals surface area (Å²) in [4.78, 5) is 0. The van der Waals surface area contributed by atoms with Crippen LogP contribution >= 0.6 is 0 Å². The Morgan fingerprint density at radius 2 is 1.42 bits per heavy atom. The highest BCUT2D eigenvalue weighted by Gasteiger charge is 2.39. The van der Waals surface area contributed by atoms with Gasteiger partial charge in [0.2, 0.25) is 10.0 Å². The Morgan fingerprint density at radius 1 is 1.00 bits per heavy atom. The lowest BCUT2D eigenvalue weighted by Crippen LogP contribution is -2.48. The van der Waals surface area contributed by atoms with Gasteiger partial charge in [-0.2, -0.15) is 0 Å². The molecule has 0 fully saturated rings. The molecule has 6 heteroatoms. The number of nitrogens with zero attached hydrogens (tertiary/aromatic N) is 1. The molecule has 146 valence electrons. The van der Waals surface area contributed by atoms with Crippen molar-refractivity contribution in [2.45, 2.75) is 71.8 Å². The third-order valence-corrected chi connectivity index (χ3v) is 5.84. The van der Waals surface area contributed by atoms with Gasteiger partial charge in [0.1, 0.15) is 5.75 Å². The van der Waals surface area contributed by atoms with Gasteiger partial charge < -0.3 is 10.5 Å². The second kappa shape index (κ2) is 5.99. The maximum absolute atomic E-state index is 12.1. The normalized spacial score (nSPS) is 18.6. The highest BCUT2D eigenvalue weighted by molar-refractivity contribution is 7.88. The number of phenols is 1. The van der Waals surface area contributed by atoms with Gasteiger partial charge in [0, 0.05) is 11.1 Å². The van der Waals surface area contributed by atoms with Crippen LogP contribution in [0.3, 0.4) is 0 Å². The fraction of sp³-hybridized carbons (Fsp3) is 0.600. The smallest absolute Gasteiger partial charge is 0.228 e. The van der Waals surface area contributed by atoms with Gasteiger partial charge in [-0.05, 0) is 48.4 Å². The average molecular weight is 381 g/mol. The van der Waals surface area contributed by atoms with Crippen molar-refractivity contribution in [1.82, 2.24) is 9.84 Å². The first kappa shape index (κ1) is 20.8. The fourth-order valence-electron chi connectivity index (χ4n) is 3.29. The van der Waals surface area contributed by atoms with Crippen LogP contribution in [0.25, 0.3) is 5.70 Å². The lowest BCUT2D eigenvalue weighted by molar-refractivity contribution is 0.269. The molecule has 2 rings (SSSR count). The zero-order chi connectivity index (χ0) is 20.3. The summed E-state index contributed by atoms with van der Waals surface area (Å²) in [6.45, 7) is 16.0. The Balaban J connectivity index is 2.69. The van der Waals surface area contributed by atoms with E-state index in [4.69, 9.17) is 0 Å². The zero-order valence-corrected chi connectivity index (χ0v) is 18.2. The summed E-state index contributed by atoms with van der Waals surface area (Å²) in [6.07, 6.45) is 3.11. The molecular weight excluding hydrogens is 348 g/mol. The summed E-state index contributed by atoms with van der Waals surface area (Å²) < 4.78 is 25.5. The molecule has 1 aromatic rings. The van der Waals surface area contributed by atoms with Crippen LogP contribution in [0.5, 0.6) is 5.75 Å². The maximum Gasteiger partial charge on any atom is 0.228 e. The van der Waals surface area contributed by atoms with Crippen LogP contribution in [-0.4, -0.2) is 29.7 Å². The average Bonchev–Trinajstić information content (AvgIpc) is 2.72. The highest BCUT2D eigenvalue weighted by Crippen LogP contribution is 2.42. The molecule has 0 saturated carbocycles. The predicted molar refractivity (Wildman–Crippen MR) is 107 cm³/mol. The molecule has 0 amide bonds. The van der Waals surface area contributed by atoms with E-state index in [1.165, 1.54) is 10.7 Å². The quantitative estimate of drug-likeness (QED) is 0.817. The summed E-state index contributed by atoms with van der Waals surface area (Å²) >= 11 is 0. The van der Waals surface area contributed by atoms with Crippen LogP contribution in [0.4, 0.5) is 0 Å². The number of nitrogens with one attached hydrogen (secondary N) is 1. The monoisotopic (exact) mass is 380 g/mol. The lowest BCUT2D eigenvalue weighted by atomic mass is 9.78. The molecule has 5 nitrogen and oxygen atoms in total. The summed E-state index contributed by atoms with van der Waals surface area (Å²) in [5, 5.41) is 10.9. The third-order valence-electron chi connectivity index (χ3n) is 4.61. The molecule has 0 radical (unpaired) electrons. The topological polar surface area (TPSA) is 69.6 Å². The van der Waals surface area contributed by atoms with E-state index >= 15 is 0 Å². The van der Waals surface area contributed by atoms with Gasteiger partial charge in [-0.1, -0.05) is 41.5 Å². The number of hydrogen-bond acceptors (Lipinski definition) is 4. The first-order valence-corrected chi connectivity index (χ1v) is 10.7. The fourth-order valence-corrected chi connectivity index (χ4v) is 4.46. The van der Waals surface area contributed by atoms with Crippen molar-refractivity contribution < 1.29 is 13.5 Å². The summed E-state index contributed by atoms with van der Waals surface area (Å²) in [6, 6.07) is 3.90. The molecule has 0 bridgehead atoms. The summed E-state index contributed by atoms with van der Waals surface area (Å²) in [5.74, 6) is 0.312. The third kappa shape index (κ3) is 3.91. The van der Waals surface area contributed by atoms with E-state index in [2.05, 4.69) is 47.0 Å². The minimum Gasteiger partial charge on any atom is -0.507 e. The Bertz CT molecular complexity index is 819. The standard InChI is InChI=1S/C20H32N2O3S/c1-18(2,3)14-10-13(11-15(17(14)23)19(4,5)6)16-12-20(7,8)22(21-16)26(9,24)25/h10-12,21,23H,1-9H3. The molecule has 0 unspecified atom stereocenters. The van der Waals surface area contributed by atoms with Crippen LogP contribution in [0.15, 0.2) is 18.2 Å². The maximum atomic E-state index is 12.1. The number of rotatable bonds is 2. The molecule has 26 heavy (non-hydrogen) atoms. The zero-order valence-electron chi connectivity index (χ0n) is 17.4. The molecule has 1 aliphatic rings. The molecule has 0 aromatic heterocycles. The molecule has 1 aromatic carbocycles. The SMILES string of the molecule is CC(C)(C)c1cc(C2=CC(C)(C)N(S(C)(=O)=O)N2)cc(C(C)(C)C)c1O. The van der Waals surface area contributed by atoms with Crippen molar-refractivity contribution in [3.63, 3.8) is 0 Å². The number of benzene rings is 1. The Hall–Kier alpha value is -1.53. The van der Waals surface area contributed by atoms with Crippen LogP contribution < -0.4 is 5.43 Å². The second-order valence-corrected chi connectivity index (χ2v) is 11.6. The van der Waals surface area contributed by atoms with E-state index in [9.17, 15) is 13.5 Å². The molecule has 2 N–H and O–H groups in total. The van der Waals surface area contributed by atoms with Gasteiger partial charge in [-0.3, -0.25) is 0 Å². The molecule has 0 saturated heterocycles. The van der Waals surface area contributed by atoms with E-state index in [0.29, 0.717) is 5.75 Å². The van der Waals surface area contributed by atoms with Gasteiger partial charge in [0.25, 0.3) is 0 Å². The first-order chi connectivity index (χ1) is 11.4.